The number of carbonyl (C=O) groups is 2. The van der Waals surface area contributed by atoms with Crippen LogP contribution in [0.25, 0.3) is 0 Å². The fourth-order valence-corrected chi connectivity index (χ4v) is 7.71. The lowest BCUT2D eigenvalue weighted by Crippen LogP contribution is -2.59. The summed E-state index contributed by atoms with van der Waals surface area (Å²) in [6.07, 6.45) is 0.703. The number of esters is 1. The van der Waals surface area contributed by atoms with Crippen molar-refractivity contribution in [2.24, 2.45) is 34.5 Å². The van der Waals surface area contributed by atoms with Gasteiger partial charge in [-0.3, -0.25) is 4.79 Å². The molecule has 0 unspecified atom stereocenters. The third-order valence-corrected chi connectivity index (χ3v) is 8.46. The maximum Gasteiger partial charge on any atom is 0.315 e. The molecule has 25 heavy (non-hydrogen) atoms. The second-order valence-corrected chi connectivity index (χ2v) is 9.22. The molecule has 5 fully saturated rings. The van der Waals surface area contributed by atoms with Crippen molar-refractivity contribution in [2.45, 2.75) is 56.8 Å². The van der Waals surface area contributed by atoms with Crippen molar-refractivity contribution in [3.8, 4) is 0 Å². The van der Waals surface area contributed by atoms with E-state index in [2.05, 4.69) is 6.58 Å². The molecule has 4 saturated carbocycles. The standard InChI is InChI=1S/C19H24O6/c1-8-5-18-6-9(8)3-4-11(18)19-7-10(20)14(21)17(2,16(24)25-19)13(19)12(18)15(22)23/h9-14,20-21H,1,3-7H2,2H3,(H,22,23)/p-1/t9-,10+,11-,12-,13-,14+,17+,18+,19-/m1/s1. The summed E-state index contributed by atoms with van der Waals surface area (Å²) in [6.45, 7) is 5.72. The normalized spacial score (nSPS) is 58.7. The molecule has 6 nitrogen and oxygen atoms in total. The molecule has 4 aliphatic carbocycles. The molecule has 0 aromatic carbocycles. The van der Waals surface area contributed by atoms with Gasteiger partial charge in [-0.25, -0.2) is 0 Å². The van der Waals surface area contributed by atoms with Gasteiger partial charge < -0.3 is 24.9 Å². The molecular formula is C19H23O6-. The van der Waals surface area contributed by atoms with E-state index in [1.54, 1.807) is 6.92 Å². The molecule has 1 heterocycles. The van der Waals surface area contributed by atoms with Gasteiger partial charge in [0.25, 0.3) is 0 Å². The zero-order chi connectivity index (χ0) is 17.9. The number of rotatable bonds is 1. The molecule has 1 spiro atoms. The molecule has 5 rings (SSSR count). The fraction of sp³-hybridized carbons (Fsp3) is 0.789. The molecule has 136 valence electrons. The van der Waals surface area contributed by atoms with Crippen LogP contribution in [0.3, 0.4) is 0 Å². The van der Waals surface area contributed by atoms with Crippen molar-refractivity contribution < 1.29 is 29.6 Å². The van der Waals surface area contributed by atoms with Crippen LogP contribution >= 0.6 is 0 Å². The van der Waals surface area contributed by atoms with Crippen LogP contribution in [0, 0.1) is 34.5 Å². The quantitative estimate of drug-likeness (QED) is 0.501. The summed E-state index contributed by atoms with van der Waals surface area (Å²) in [4.78, 5) is 25.0. The monoisotopic (exact) mass is 347 g/mol. The first kappa shape index (κ1) is 15.8. The second kappa shape index (κ2) is 4.29. The highest BCUT2D eigenvalue weighted by molar-refractivity contribution is 5.85. The summed E-state index contributed by atoms with van der Waals surface area (Å²) < 4.78 is 5.89. The Morgan fingerprint density at radius 1 is 1.32 bits per heavy atom. The summed E-state index contributed by atoms with van der Waals surface area (Å²) in [5.41, 5.74) is -1.87. The predicted molar refractivity (Wildman–Crippen MR) is 82.6 cm³/mol. The van der Waals surface area contributed by atoms with Crippen LogP contribution in [0.2, 0.25) is 0 Å². The highest BCUT2D eigenvalue weighted by atomic mass is 16.6. The number of aliphatic carboxylic acids is 1. The smallest absolute Gasteiger partial charge is 0.315 e. The molecule has 1 saturated heterocycles. The molecule has 0 radical (unpaired) electrons. The van der Waals surface area contributed by atoms with Crippen molar-refractivity contribution >= 4 is 11.9 Å². The highest BCUT2D eigenvalue weighted by Gasteiger charge is 2.83. The van der Waals surface area contributed by atoms with Crippen LogP contribution in [-0.2, 0) is 14.3 Å². The minimum Gasteiger partial charge on any atom is -0.550 e. The van der Waals surface area contributed by atoms with Gasteiger partial charge in [-0.05, 0) is 43.9 Å². The van der Waals surface area contributed by atoms with Gasteiger partial charge in [0.15, 0.2) is 0 Å². The Bertz CT molecular complexity index is 717. The van der Waals surface area contributed by atoms with E-state index in [1.807, 2.05) is 0 Å². The third-order valence-electron chi connectivity index (χ3n) is 8.46. The molecular weight excluding hydrogens is 324 g/mol. The molecule has 9 atom stereocenters. The number of carboxylic acids is 1. The SMILES string of the molecule is C=C1C[C@]23C[C@H]1CC[C@H]2[C@@]12C[C@H](O)[C@H](O)[C@@](C)(C(=O)O1)[C@H]2[C@@H]3C(=O)[O-]. The minimum atomic E-state index is -1.41. The van der Waals surface area contributed by atoms with Gasteiger partial charge in [-0.1, -0.05) is 12.2 Å². The molecule has 6 heteroatoms. The second-order valence-electron chi connectivity index (χ2n) is 9.22. The number of aliphatic hydroxyl groups excluding tert-OH is 2. The summed E-state index contributed by atoms with van der Waals surface area (Å²) >= 11 is 0. The van der Waals surface area contributed by atoms with Crippen LogP contribution in [-0.4, -0.2) is 40.0 Å². The van der Waals surface area contributed by atoms with Gasteiger partial charge in [0.2, 0.25) is 0 Å². The summed E-state index contributed by atoms with van der Waals surface area (Å²) in [7, 11) is 0. The Morgan fingerprint density at radius 3 is 2.72 bits per heavy atom. The van der Waals surface area contributed by atoms with Gasteiger partial charge in [-0.2, -0.15) is 0 Å². The van der Waals surface area contributed by atoms with Gasteiger partial charge in [0.1, 0.15) is 11.0 Å². The number of ether oxygens (including phenoxy) is 1. The van der Waals surface area contributed by atoms with Crippen LogP contribution in [0.1, 0.15) is 39.0 Å². The van der Waals surface area contributed by atoms with Crippen LogP contribution < -0.4 is 5.11 Å². The number of hydrogen-bond acceptors (Lipinski definition) is 6. The first-order valence-electron chi connectivity index (χ1n) is 9.16. The van der Waals surface area contributed by atoms with E-state index in [4.69, 9.17) is 4.74 Å². The number of allylic oxidation sites excluding steroid dienone is 1. The lowest BCUT2D eigenvalue weighted by Gasteiger charge is -2.46. The minimum absolute atomic E-state index is 0.105. The molecule has 2 N–H and O–H groups in total. The summed E-state index contributed by atoms with van der Waals surface area (Å²) in [5, 5.41) is 33.4. The van der Waals surface area contributed by atoms with Gasteiger partial charge in [0, 0.05) is 30.1 Å². The first-order chi connectivity index (χ1) is 11.7. The van der Waals surface area contributed by atoms with Crippen LogP contribution in [0.15, 0.2) is 12.2 Å². The van der Waals surface area contributed by atoms with Crippen molar-refractivity contribution in [3.63, 3.8) is 0 Å². The summed E-state index contributed by atoms with van der Waals surface area (Å²) in [5.74, 6) is -3.09. The molecule has 0 aromatic rings. The molecule has 0 amide bonds. The van der Waals surface area contributed by atoms with Crippen molar-refractivity contribution in [2.75, 3.05) is 0 Å². The molecule has 4 bridgehead atoms. The zero-order valence-corrected chi connectivity index (χ0v) is 14.2. The third kappa shape index (κ3) is 1.44. The zero-order valence-electron chi connectivity index (χ0n) is 14.2. The fourth-order valence-electron chi connectivity index (χ4n) is 7.71. The summed E-state index contributed by atoms with van der Waals surface area (Å²) in [6, 6.07) is 0. The Balaban J connectivity index is 1.76. The Labute approximate surface area is 145 Å². The lowest BCUT2D eigenvalue weighted by atomic mass is 9.58. The number of carboxylic acid groups (broad SMARTS) is 1. The van der Waals surface area contributed by atoms with E-state index < -0.39 is 52.4 Å². The Kier molecular flexibility index (Phi) is 2.71. The van der Waals surface area contributed by atoms with Crippen molar-refractivity contribution in [1.82, 2.24) is 0 Å². The number of hydrogen-bond donors (Lipinski definition) is 2. The maximum atomic E-state index is 12.7. The van der Waals surface area contributed by atoms with E-state index in [0.29, 0.717) is 12.3 Å². The van der Waals surface area contributed by atoms with Crippen molar-refractivity contribution in [1.29, 1.82) is 0 Å². The van der Waals surface area contributed by atoms with E-state index in [0.717, 1.165) is 24.8 Å². The van der Waals surface area contributed by atoms with Gasteiger partial charge in [-0.15, -0.1) is 0 Å². The number of carbonyl (C=O) groups excluding carboxylic acids is 2. The Morgan fingerprint density at radius 2 is 2.04 bits per heavy atom. The van der Waals surface area contributed by atoms with E-state index in [1.165, 1.54) is 0 Å². The van der Waals surface area contributed by atoms with Crippen LogP contribution in [0.5, 0.6) is 0 Å². The first-order valence-corrected chi connectivity index (χ1v) is 9.16. The topological polar surface area (TPSA) is 107 Å². The Hall–Kier alpha value is -1.40. The average Bonchev–Trinajstić information content (AvgIpc) is 3.00. The van der Waals surface area contributed by atoms with Crippen LogP contribution in [0.4, 0.5) is 0 Å². The largest absolute Gasteiger partial charge is 0.550 e. The van der Waals surface area contributed by atoms with E-state index >= 15 is 0 Å². The number of aliphatic hydroxyl groups is 2. The van der Waals surface area contributed by atoms with Gasteiger partial charge >= 0.3 is 5.97 Å². The van der Waals surface area contributed by atoms with E-state index in [-0.39, 0.29) is 12.3 Å². The average molecular weight is 347 g/mol. The maximum absolute atomic E-state index is 12.7. The molecule has 5 aliphatic rings. The van der Waals surface area contributed by atoms with Gasteiger partial charge in [0.05, 0.1) is 12.2 Å². The van der Waals surface area contributed by atoms with Crippen molar-refractivity contribution in [3.05, 3.63) is 12.2 Å². The highest BCUT2D eigenvalue weighted by Crippen LogP contribution is 2.77. The number of fused-ring (bicyclic) bond motifs is 1. The van der Waals surface area contributed by atoms with E-state index in [9.17, 15) is 24.9 Å². The predicted octanol–water partition coefficient (Wildman–Crippen LogP) is -0.228. The molecule has 0 aromatic heterocycles. The molecule has 1 aliphatic heterocycles. The lowest BCUT2D eigenvalue weighted by molar-refractivity contribution is -0.318.